The standard InChI is InChI=1S/C12H18O3/c1-2-3-4-5-10-9(8-12(14)15)6-7-11(10)13/h3-4,9-10H,2,5-8H2,1H3,(H,14,15)/b4-3-/t9-,10-/m1/s1/i12+1. The minimum atomic E-state index is -0.792. The van der Waals surface area contributed by atoms with Crippen LogP contribution in [-0.2, 0) is 9.59 Å². The molecule has 0 unspecified atom stereocenters. The van der Waals surface area contributed by atoms with E-state index in [0.29, 0.717) is 12.8 Å². The van der Waals surface area contributed by atoms with Crippen molar-refractivity contribution in [1.29, 1.82) is 0 Å². The van der Waals surface area contributed by atoms with Crippen LogP contribution in [0, 0.1) is 11.8 Å². The van der Waals surface area contributed by atoms with Crippen molar-refractivity contribution in [1.82, 2.24) is 0 Å². The van der Waals surface area contributed by atoms with Gasteiger partial charge in [0.15, 0.2) is 0 Å². The Kier molecular flexibility index (Phi) is 4.53. The fraction of sp³-hybridized carbons (Fsp3) is 0.667. The third-order valence-electron chi connectivity index (χ3n) is 2.97. The van der Waals surface area contributed by atoms with Crippen molar-refractivity contribution in [3.63, 3.8) is 0 Å². The van der Waals surface area contributed by atoms with Crippen molar-refractivity contribution in [3.05, 3.63) is 12.2 Å². The number of aliphatic carboxylic acids is 1. The molecule has 0 radical (unpaired) electrons. The molecule has 2 atom stereocenters. The van der Waals surface area contributed by atoms with Crippen LogP contribution >= 0.6 is 0 Å². The largest absolute Gasteiger partial charge is 0.481 e. The van der Waals surface area contributed by atoms with Gasteiger partial charge in [-0.2, -0.15) is 0 Å². The van der Waals surface area contributed by atoms with Gasteiger partial charge in [-0.25, -0.2) is 0 Å². The Morgan fingerprint density at radius 2 is 2.27 bits per heavy atom. The predicted molar refractivity (Wildman–Crippen MR) is 57.5 cm³/mol. The number of carbonyl (C=O) groups excluding carboxylic acids is 1. The summed E-state index contributed by atoms with van der Waals surface area (Å²) in [5, 5.41) is 8.72. The first kappa shape index (κ1) is 12.0. The summed E-state index contributed by atoms with van der Waals surface area (Å²) >= 11 is 0. The Hall–Kier alpha value is -1.12. The van der Waals surface area contributed by atoms with Gasteiger partial charge in [-0.3, -0.25) is 9.59 Å². The maximum absolute atomic E-state index is 11.5. The average molecular weight is 211 g/mol. The van der Waals surface area contributed by atoms with Gasteiger partial charge in [0.1, 0.15) is 5.78 Å². The van der Waals surface area contributed by atoms with E-state index in [-0.39, 0.29) is 24.0 Å². The number of carboxylic acids is 1. The molecule has 1 fully saturated rings. The number of rotatable bonds is 5. The molecular formula is C12H18O3. The van der Waals surface area contributed by atoms with E-state index in [1.54, 1.807) is 0 Å². The molecule has 0 aromatic rings. The quantitative estimate of drug-likeness (QED) is 0.561. The molecule has 1 aliphatic rings. The van der Waals surface area contributed by atoms with E-state index in [2.05, 4.69) is 0 Å². The second-order valence-corrected chi connectivity index (χ2v) is 4.08. The van der Waals surface area contributed by atoms with Crippen LogP contribution in [0.5, 0.6) is 0 Å². The lowest BCUT2D eigenvalue weighted by Gasteiger charge is -2.14. The molecule has 0 heterocycles. The molecule has 0 amide bonds. The first-order chi connectivity index (χ1) is 7.15. The zero-order valence-electron chi connectivity index (χ0n) is 9.11. The number of Topliss-reactive ketones (excluding diaryl/α,β-unsaturated/α-hetero) is 1. The Labute approximate surface area is 90.2 Å². The van der Waals surface area contributed by atoms with Gasteiger partial charge >= 0.3 is 5.97 Å². The lowest BCUT2D eigenvalue weighted by Crippen LogP contribution is -2.17. The van der Waals surface area contributed by atoms with Gasteiger partial charge in [0.2, 0.25) is 0 Å². The van der Waals surface area contributed by atoms with Crippen LogP contribution < -0.4 is 0 Å². The van der Waals surface area contributed by atoms with Gasteiger partial charge in [0.25, 0.3) is 0 Å². The van der Waals surface area contributed by atoms with Crippen molar-refractivity contribution >= 4 is 11.8 Å². The summed E-state index contributed by atoms with van der Waals surface area (Å²) in [5.74, 6) is -0.554. The average Bonchev–Trinajstić information content (AvgIpc) is 2.49. The minimum absolute atomic E-state index is 0.0519. The number of hydrogen-bond acceptors (Lipinski definition) is 2. The third kappa shape index (κ3) is 3.50. The second-order valence-electron chi connectivity index (χ2n) is 4.08. The summed E-state index contributed by atoms with van der Waals surface area (Å²) in [6.07, 6.45) is 7.15. The minimum Gasteiger partial charge on any atom is -0.481 e. The van der Waals surface area contributed by atoms with Crippen LogP contribution in [0.15, 0.2) is 12.2 Å². The van der Waals surface area contributed by atoms with E-state index >= 15 is 0 Å². The first-order valence-corrected chi connectivity index (χ1v) is 5.54. The molecule has 0 aliphatic heterocycles. The Morgan fingerprint density at radius 1 is 1.53 bits per heavy atom. The van der Waals surface area contributed by atoms with Gasteiger partial charge < -0.3 is 5.11 Å². The molecule has 0 aromatic heterocycles. The number of allylic oxidation sites excluding steroid dienone is 2. The van der Waals surface area contributed by atoms with E-state index < -0.39 is 5.97 Å². The van der Waals surface area contributed by atoms with Crippen molar-refractivity contribution in [2.75, 3.05) is 0 Å². The van der Waals surface area contributed by atoms with Crippen molar-refractivity contribution in [3.8, 4) is 0 Å². The number of carboxylic acid groups (broad SMARTS) is 1. The molecule has 0 spiro atoms. The monoisotopic (exact) mass is 211 g/mol. The SMILES string of the molecule is CC/C=C\C[C@H]1C(=O)CC[C@@H]1C[13C](=O)O. The lowest BCUT2D eigenvalue weighted by atomic mass is 9.91. The molecular weight excluding hydrogens is 193 g/mol. The molecule has 0 bridgehead atoms. The molecule has 3 nitrogen and oxygen atoms in total. The van der Waals surface area contributed by atoms with Gasteiger partial charge in [-0.15, -0.1) is 0 Å². The molecule has 0 saturated heterocycles. The fourth-order valence-electron chi connectivity index (χ4n) is 2.18. The van der Waals surface area contributed by atoms with Gasteiger partial charge in [-0.1, -0.05) is 19.1 Å². The highest BCUT2D eigenvalue weighted by molar-refractivity contribution is 5.84. The normalized spacial score (nSPS) is 26.3. The van der Waals surface area contributed by atoms with Crippen molar-refractivity contribution in [2.24, 2.45) is 11.8 Å². The summed E-state index contributed by atoms with van der Waals surface area (Å²) in [7, 11) is 0. The molecule has 3 heteroatoms. The van der Waals surface area contributed by atoms with E-state index in [0.717, 1.165) is 12.8 Å². The molecule has 84 valence electrons. The summed E-state index contributed by atoms with van der Waals surface area (Å²) in [6, 6.07) is 0. The predicted octanol–water partition coefficient (Wildman–Crippen LogP) is 2.41. The summed E-state index contributed by atoms with van der Waals surface area (Å²) < 4.78 is 0. The van der Waals surface area contributed by atoms with E-state index in [1.165, 1.54) is 0 Å². The van der Waals surface area contributed by atoms with Crippen LogP contribution in [0.3, 0.4) is 0 Å². The summed E-state index contributed by atoms with van der Waals surface area (Å²) in [5.41, 5.74) is 0. The zero-order chi connectivity index (χ0) is 11.3. The van der Waals surface area contributed by atoms with Crippen LogP contribution in [0.1, 0.15) is 39.0 Å². The maximum Gasteiger partial charge on any atom is 0.303 e. The van der Waals surface area contributed by atoms with Crippen LogP contribution in [-0.4, -0.2) is 16.9 Å². The lowest BCUT2D eigenvalue weighted by molar-refractivity contribution is -0.138. The zero-order valence-corrected chi connectivity index (χ0v) is 9.11. The van der Waals surface area contributed by atoms with Gasteiger partial charge in [0.05, 0.1) is 0 Å². The van der Waals surface area contributed by atoms with E-state index in [4.69, 9.17) is 5.11 Å². The molecule has 1 saturated carbocycles. The Bertz CT molecular complexity index is 268. The van der Waals surface area contributed by atoms with E-state index in [1.807, 2.05) is 19.1 Å². The van der Waals surface area contributed by atoms with Crippen LogP contribution in [0.4, 0.5) is 0 Å². The molecule has 1 rings (SSSR count). The second kappa shape index (κ2) is 5.69. The molecule has 1 N–H and O–H groups in total. The molecule has 1 aliphatic carbocycles. The first-order valence-electron chi connectivity index (χ1n) is 5.54. The highest BCUT2D eigenvalue weighted by Gasteiger charge is 2.34. The smallest absolute Gasteiger partial charge is 0.303 e. The molecule has 15 heavy (non-hydrogen) atoms. The summed E-state index contributed by atoms with van der Waals surface area (Å²) in [6.45, 7) is 2.04. The summed E-state index contributed by atoms with van der Waals surface area (Å²) in [4.78, 5) is 22.1. The fourth-order valence-corrected chi connectivity index (χ4v) is 2.18. The Balaban J connectivity index is 2.52. The topological polar surface area (TPSA) is 54.4 Å². The molecule has 0 aromatic carbocycles. The number of carbonyl (C=O) groups is 2. The van der Waals surface area contributed by atoms with E-state index in [9.17, 15) is 9.59 Å². The van der Waals surface area contributed by atoms with Gasteiger partial charge in [0, 0.05) is 18.8 Å². The highest BCUT2D eigenvalue weighted by Crippen LogP contribution is 2.33. The number of ketones is 1. The van der Waals surface area contributed by atoms with Crippen molar-refractivity contribution in [2.45, 2.75) is 39.0 Å². The van der Waals surface area contributed by atoms with Crippen LogP contribution in [0.25, 0.3) is 0 Å². The van der Waals surface area contributed by atoms with Gasteiger partial charge in [-0.05, 0) is 25.2 Å². The third-order valence-corrected chi connectivity index (χ3v) is 2.97. The maximum atomic E-state index is 11.5. The number of hydrogen-bond donors (Lipinski definition) is 1. The van der Waals surface area contributed by atoms with Crippen molar-refractivity contribution < 1.29 is 14.7 Å². The Morgan fingerprint density at radius 3 is 2.87 bits per heavy atom. The van der Waals surface area contributed by atoms with Crippen LogP contribution in [0.2, 0.25) is 0 Å². The highest BCUT2D eigenvalue weighted by atomic mass is 16.5.